The number of hydrogen-bond acceptors (Lipinski definition) is 7. The van der Waals surface area contributed by atoms with Gasteiger partial charge in [0.2, 0.25) is 9.84 Å². The van der Waals surface area contributed by atoms with E-state index in [4.69, 9.17) is 19.2 Å². The number of nitrogens with zero attached hydrogens (tertiary/aromatic N) is 3. The molecule has 3 aromatic heterocycles. The molecule has 51 heavy (non-hydrogen) atoms. The molecule has 0 saturated carbocycles. The van der Waals surface area contributed by atoms with Gasteiger partial charge in [0.25, 0.3) is 0 Å². The van der Waals surface area contributed by atoms with Crippen molar-refractivity contribution in [3.63, 3.8) is 0 Å². The van der Waals surface area contributed by atoms with E-state index >= 15 is 8.78 Å². The molecule has 3 aromatic carbocycles. The van der Waals surface area contributed by atoms with Gasteiger partial charge in [0.1, 0.15) is 17.5 Å². The molecule has 0 radical (unpaired) electrons. The van der Waals surface area contributed by atoms with Crippen molar-refractivity contribution < 1.29 is 40.8 Å². The molecule has 6 aromatic rings. The molecule has 0 aliphatic rings. The number of pyridine rings is 1. The molecule has 0 fully saturated rings. The molecule has 264 valence electrons. The molecule has 0 bridgehead atoms. The first kappa shape index (κ1) is 38.2. The van der Waals surface area contributed by atoms with Gasteiger partial charge in [-0.1, -0.05) is 19.9 Å². The number of fused-ring (bicyclic) bond motifs is 2. The van der Waals surface area contributed by atoms with E-state index in [-0.39, 0.29) is 22.2 Å². The number of sulfone groups is 1. The average molecular weight is 718 g/mol. The second-order valence-corrected chi connectivity index (χ2v) is 13.4. The van der Waals surface area contributed by atoms with Crippen LogP contribution >= 0.6 is 0 Å². The third-order valence-electron chi connectivity index (χ3n) is 8.63. The minimum Gasteiger partial charge on any atom is -0.345 e. The van der Waals surface area contributed by atoms with E-state index in [1.807, 2.05) is 13.8 Å². The molecule has 0 saturated heterocycles. The molecule has 0 amide bonds. The fourth-order valence-electron chi connectivity index (χ4n) is 6.74. The molecule has 13 heteroatoms. The van der Waals surface area contributed by atoms with Crippen LogP contribution in [0.2, 0.25) is 0 Å². The molecule has 0 aliphatic heterocycles. The Kier molecular flexibility index (Phi) is 12.3. The summed E-state index contributed by atoms with van der Waals surface area (Å²) in [6.07, 6.45) is 3.56. The lowest BCUT2D eigenvalue weighted by molar-refractivity contribution is -0.193. The van der Waals surface area contributed by atoms with Crippen molar-refractivity contribution in [2.75, 3.05) is 0 Å². The van der Waals surface area contributed by atoms with Gasteiger partial charge in [0, 0.05) is 64.0 Å². The summed E-state index contributed by atoms with van der Waals surface area (Å²) in [5, 5.41) is 1.10. The highest BCUT2D eigenvalue weighted by Crippen LogP contribution is 2.46. The predicted octanol–water partition coefficient (Wildman–Crippen LogP) is 7.69. The van der Waals surface area contributed by atoms with Gasteiger partial charge in [-0.15, -0.1) is 0 Å². The smallest absolute Gasteiger partial charge is 0.345 e. The van der Waals surface area contributed by atoms with Crippen LogP contribution < -0.4 is 0 Å². The Balaban J connectivity index is 0.000000909. The fraction of sp³-hybridized carbons (Fsp3) is 0.237. The van der Waals surface area contributed by atoms with Crippen LogP contribution in [-0.2, 0) is 42.1 Å². The topological polar surface area (TPSA) is 125 Å². The molecule has 9 nitrogen and oxygen atoms in total. The molecule has 0 spiro atoms. The molecule has 3 heterocycles. The van der Waals surface area contributed by atoms with Gasteiger partial charge in [0.05, 0.1) is 4.90 Å². The summed E-state index contributed by atoms with van der Waals surface area (Å²) < 4.78 is 76.6. The number of rotatable bonds is 9. The van der Waals surface area contributed by atoms with Gasteiger partial charge in [0.15, 0.2) is 5.03 Å². The van der Waals surface area contributed by atoms with Crippen LogP contribution in [0.15, 0.2) is 88.9 Å². The lowest BCUT2D eigenvalue weighted by atomic mass is 9.82. The summed E-state index contributed by atoms with van der Waals surface area (Å²) >= 11 is 0. The highest BCUT2D eigenvalue weighted by molar-refractivity contribution is 7.91. The summed E-state index contributed by atoms with van der Waals surface area (Å²) in [5.74, 6) is -2.17. The SMILES string of the molecule is CCCn1c(C)c(C(c2cccnc2S(=O)(=O)c2ccc(F)cc2)c2c(C)n(CCC)c3ccc(F)cc23)c2cc(F)ccc21.O=C=O.O=C=O. The zero-order valence-electron chi connectivity index (χ0n) is 28.2. The van der Waals surface area contributed by atoms with Crippen LogP contribution in [0.4, 0.5) is 13.2 Å². The van der Waals surface area contributed by atoms with Gasteiger partial charge in [-0.25, -0.2) is 26.6 Å². The maximum absolute atomic E-state index is 15.0. The monoisotopic (exact) mass is 717 g/mol. The Hall–Kier alpha value is -5.61. The van der Waals surface area contributed by atoms with Crippen LogP contribution in [-0.4, -0.2) is 34.8 Å². The van der Waals surface area contributed by atoms with E-state index in [9.17, 15) is 12.8 Å². The highest BCUT2D eigenvalue weighted by atomic mass is 32.2. The third kappa shape index (κ3) is 7.46. The number of aromatic nitrogens is 3. The quantitative estimate of drug-likeness (QED) is 0.140. The molecule has 0 N–H and O–H groups in total. The highest BCUT2D eigenvalue weighted by Gasteiger charge is 2.35. The van der Waals surface area contributed by atoms with Crippen LogP contribution in [0.3, 0.4) is 0 Å². The number of benzene rings is 3. The zero-order chi connectivity index (χ0) is 37.5. The van der Waals surface area contributed by atoms with Crippen molar-refractivity contribution in [2.24, 2.45) is 0 Å². The Morgan fingerprint density at radius 1 is 0.686 bits per heavy atom. The fourth-order valence-corrected chi connectivity index (χ4v) is 8.15. The van der Waals surface area contributed by atoms with Crippen molar-refractivity contribution in [2.45, 2.75) is 69.5 Å². The second-order valence-electron chi connectivity index (χ2n) is 11.6. The summed E-state index contributed by atoms with van der Waals surface area (Å²) in [5.41, 5.74) is 5.17. The maximum atomic E-state index is 15.0. The lowest BCUT2D eigenvalue weighted by Gasteiger charge is -2.23. The van der Waals surface area contributed by atoms with E-state index in [1.54, 1.807) is 24.3 Å². The van der Waals surface area contributed by atoms with E-state index in [1.165, 1.54) is 42.6 Å². The van der Waals surface area contributed by atoms with Crippen molar-refractivity contribution in [1.29, 1.82) is 0 Å². The van der Waals surface area contributed by atoms with E-state index < -0.39 is 33.2 Å². The molecular formula is C38H34F3N3O6S. The summed E-state index contributed by atoms with van der Waals surface area (Å²) in [7, 11) is -4.24. The molecule has 0 atom stereocenters. The van der Waals surface area contributed by atoms with Crippen LogP contribution in [0, 0.1) is 31.3 Å². The standard InChI is InChI=1S/C36H34F3N3O2S.2CO2/c1-5-18-41-22(3)33(29-20-25(38)11-15-31(29)41)35(34-23(4)42(19-6-2)32-16-12-26(39)21-30(32)34)28-8-7-17-40-36(28)45(43,44)27-13-9-24(37)10-14-27;2*2-1-3/h7-17,20-21,35H,5-6,18-19H2,1-4H3;;. The van der Waals surface area contributed by atoms with Crippen molar-refractivity contribution in [3.05, 3.63) is 125 Å². The van der Waals surface area contributed by atoms with Crippen LogP contribution in [0.5, 0.6) is 0 Å². The number of carbonyl (C=O) groups excluding carboxylic acids is 4. The summed E-state index contributed by atoms with van der Waals surface area (Å²) in [6, 6.07) is 17.4. The molecule has 0 unspecified atom stereocenters. The van der Waals surface area contributed by atoms with Crippen molar-refractivity contribution in [3.8, 4) is 0 Å². The second kappa shape index (κ2) is 16.4. The van der Waals surface area contributed by atoms with Crippen molar-refractivity contribution >= 4 is 43.9 Å². The first-order valence-corrected chi connectivity index (χ1v) is 17.4. The maximum Gasteiger partial charge on any atom is 0.373 e. The van der Waals surface area contributed by atoms with Gasteiger partial charge in [-0.2, -0.15) is 19.2 Å². The van der Waals surface area contributed by atoms with Crippen LogP contribution in [0.1, 0.15) is 60.7 Å². The van der Waals surface area contributed by atoms with Gasteiger partial charge in [-0.05, 0) is 105 Å². The van der Waals surface area contributed by atoms with E-state index in [2.05, 4.69) is 28.0 Å². The lowest BCUT2D eigenvalue weighted by Crippen LogP contribution is -2.15. The predicted molar refractivity (Wildman–Crippen MR) is 181 cm³/mol. The van der Waals surface area contributed by atoms with Crippen molar-refractivity contribution in [1.82, 2.24) is 14.1 Å². The minimum absolute atomic E-state index is 0.102. The Morgan fingerprint density at radius 2 is 1.12 bits per heavy atom. The van der Waals surface area contributed by atoms with Crippen LogP contribution in [0.25, 0.3) is 21.8 Å². The molecule has 0 aliphatic carbocycles. The average Bonchev–Trinajstić information content (AvgIpc) is 3.51. The molecular weight excluding hydrogens is 683 g/mol. The third-order valence-corrected chi connectivity index (χ3v) is 10.4. The van der Waals surface area contributed by atoms with E-state index in [0.29, 0.717) is 29.4 Å². The first-order valence-electron chi connectivity index (χ1n) is 15.9. The summed E-state index contributed by atoms with van der Waals surface area (Å²) in [4.78, 5) is 36.8. The zero-order valence-corrected chi connectivity index (χ0v) is 29.1. The van der Waals surface area contributed by atoms with Gasteiger partial charge >= 0.3 is 12.3 Å². The largest absolute Gasteiger partial charge is 0.373 e. The normalized spacial score (nSPS) is 11.1. The first-order chi connectivity index (χ1) is 24.4. The van der Waals surface area contributed by atoms with Gasteiger partial charge in [-0.3, -0.25) is 0 Å². The van der Waals surface area contributed by atoms with E-state index in [0.717, 1.165) is 58.5 Å². The number of hydrogen-bond donors (Lipinski definition) is 0. The molecule has 6 rings (SSSR count). The minimum atomic E-state index is -4.24. The number of aryl methyl sites for hydroxylation is 2. The Labute approximate surface area is 292 Å². The number of halogens is 3. The summed E-state index contributed by atoms with van der Waals surface area (Å²) in [6.45, 7) is 9.37. The Bertz CT molecular complexity index is 2260. The van der Waals surface area contributed by atoms with Gasteiger partial charge < -0.3 is 9.13 Å². The Morgan fingerprint density at radius 3 is 1.55 bits per heavy atom.